The summed E-state index contributed by atoms with van der Waals surface area (Å²) in [6, 6.07) is 10.9. The number of amides is 1. The summed E-state index contributed by atoms with van der Waals surface area (Å²) in [6.07, 6.45) is 8.05. The van der Waals surface area contributed by atoms with E-state index in [1.54, 1.807) is 30.9 Å². The smallest absolute Gasteiger partial charge is 0.224 e. The predicted molar refractivity (Wildman–Crippen MR) is 139 cm³/mol. The number of pyridine rings is 3. The maximum absolute atomic E-state index is 13.7. The second-order valence-corrected chi connectivity index (χ2v) is 9.39. The van der Waals surface area contributed by atoms with Gasteiger partial charge in [0.1, 0.15) is 5.69 Å². The van der Waals surface area contributed by atoms with Crippen LogP contribution in [0, 0.1) is 5.13 Å². The minimum Gasteiger partial charge on any atom is -0.353 e. The second-order valence-electron chi connectivity index (χ2n) is 8.36. The summed E-state index contributed by atoms with van der Waals surface area (Å²) in [6.45, 7) is 1.96. The molecule has 6 aromatic rings. The number of halogens is 1. The van der Waals surface area contributed by atoms with Gasteiger partial charge in [-0.25, -0.2) is 4.98 Å². The van der Waals surface area contributed by atoms with E-state index in [9.17, 15) is 9.18 Å². The van der Waals surface area contributed by atoms with E-state index in [-0.39, 0.29) is 11.0 Å². The van der Waals surface area contributed by atoms with Crippen molar-refractivity contribution >= 4 is 44.9 Å². The van der Waals surface area contributed by atoms with Gasteiger partial charge in [-0.05, 0) is 42.8 Å². The van der Waals surface area contributed by atoms with E-state index in [0.717, 1.165) is 61.4 Å². The first kappa shape index (κ1) is 22.1. The standard InChI is InChI=1S/C26H20FN7OS/c1-2-3-23(35)31-16-8-14(11-28-13-16)15-9-18-24(33-34-26(18)30-12-15)20-10-17-19(32-20)6-7-29-25(17)21-4-5-22(27)36-21/h4-13,32H,2-3H2,1H3,(H,31,35)(H,30,33,34). The van der Waals surface area contributed by atoms with Crippen LogP contribution in [0.5, 0.6) is 0 Å². The number of carbonyl (C=O) groups excluding carboxylic acids is 1. The highest BCUT2D eigenvalue weighted by Crippen LogP contribution is 2.35. The molecule has 6 aromatic heterocycles. The lowest BCUT2D eigenvalue weighted by Crippen LogP contribution is -2.10. The molecular formula is C26H20FN7OS. The number of fused-ring (bicyclic) bond motifs is 2. The van der Waals surface area contributed by atoms with Gasteiger partial charge in [0.2, 0.25) is 5.91 Å². The van der Waals surface area contributed by atoms with Crippen LogP contribution in [0.2, 0.25) is 0 Å². The largest absolute Gasteiger partial charge is 0.353 e. The molecule has 0 unspecified atom stereocenters. The van der Waals surface area contributed by atoms with Gasteiger partial charge in [0, 0.05) is 52.4 Å². The number of anilines is 1. The Morgan fingerprint density at radius 1 is 1.03 bits per heavy atom. The average molecular weight is 498 g/mol. The van der Waals surface area contributed by atoms with E-state index >= 15 is 0 Å². The zero-order chi connectivity index (χ0) is 24.6. The number of nitrogens with one attached hydrogen (secondary N) is 3. The molecular weight excluding hydrogens is 477 g/mol. The molecule has 0 saturated carbocycles. The normalized spacial score (nSPS) is 11.4. The molecule has 0 bridgehead atoms. The molecule has 0 spiro atoms. The first-order valence-electron chi connectivity index (χ1n) is 11.4. The second kappa shape index (κ2) is 8.97. The van der Waals surface area contributed by atoms with Gasteiger partial charge >= 0.3 is 0 Å². The molecule has 0 saturated heterocycles. The molecule has 0 aromatic carbocycles. The topological polar surface area (TPSA) is 112 Å². The van der Waals surface area contributed by atoms with Crippen LogP contribution in [0.25, 0.3) is 55.0 Å². The summed E-state index contributed by atoms with van der Waals surface area (Å²) in [4.78, 5) is 29.5. The van der Waals surface area contributed by atoms with Gasteiger partial charge in [-0.2, -0.15) is 9.49 Å². The Balaban J connectivity index is 1.40. The Labute approximate surface area is 208 Å². The molecule has 0 aliphatic carbocycles. The van der Waals surface area contributed by atoms with Crippen molar-refractivity contribution in [3.8, 4) is 33.1 Å². The highest BCUT2D eigenvalue weighted by atomic mass is 32.1. The summed E-state index contributed by atoms with van der Waals surface area (Å²) in [5, 5.41) is 11.9. The fourth-order valence-corrected chi connectivity index (χ4v) is 4.94. The molecule has 3 N–H and O–H groups in total. The van der Waals surface area contributed by atoms with Crippen LogP contribution in [0.3, 0.4) is 0 Å². The monoisotopic (exact) mass is 497 g/mol. The Morgan fingerprint density at radius 3 is 2.75 bits per heavy atom. The molecule has 0 fully saturated rings. The molecule has 36 heavy (non-hydrogen) atoms. The van der Waals surface area contributed by atoms with Crippen molar-refractivity contribution in [1.82, 2.24) is 30.1 Å². The summed E-state index contributed by atoms with van der Waals surface area (Å²) in [5.41, 5.74) is 6.05. The molecule has 6 rings (SSSR count). The Morgan fingerprint density at radius 2 is 1.92 bits per heavy atom. The summed E-state index contributed by atoms with van der Waals surface area (Å²) in [5.74, 6) is -0.0416. The van der Waals surface area contributed by atoms with Crippen LogP contribution >= 0.6 is 11.3 Å². The molecule has 0 atom stereocenters. The SMILES string of the molecule is CCCC(=O)Nc1cncc(-c2cnc3[nH]nc(-c4cc5c(-c6ccc(F)s6)nccc5[nH]4)c3c2)c1. The Kier molecular flexibility index (Phi) is 5.49. The third-order valence-electron chi connectivity index (χ3n) is 5.86. The summed E-state index contributed by atoms with van der Waals surface area (Å²) in [7, 11) is 0. The van der Waals surface area contributed by atoms with Crippen LogP contribution in [-0.2, 0) is 4.79 Å². The van der Waals surface area contributed by atoms with E-state index in [0.29, 0.717) is 23.4 Å². The van der Waals surface area contributed by atoms with Gasteiger partial charge in [0.05, 0.1) is 28.1 Å². The van der Waals surface area contributed by atoms with Crippen LogP contribution in [0.15, 0.2) is 61.2 Å². The quantitative estimate of drug-likeness (QED) is 0.255. The molecule has 0 aliphatic heterocycles. The number of nitrogens with zero attached hydrogens (tertiary/aromatic N) is 4. The van der Waals surface area contributed by atoms with Crippen molar-refractivity contribution in [2.45, 2.75) is 19.8 Å². The van der Waals surface area contributed by atoms with Crippen LogP contribution in [0.1, 0.15) is 19.8 Å². The Bertz CT molecular complexity index is 1740. The van der Waals surface area contributed by atoms with Crippen LogP contribution < -0.4 is 5.32 Å². The molecule has 178 valence electrons. The molecule has 0 aliphatic rings. The van der Waals surface area contributed by atoms with Crippen LogP contribution in [0.4, 0.5) is 10.1 Å². The van der Waals surface area contributed by atoms with Gasteiger partial charge in [0.15, 0.2) is 10.8 Å². The van der Waals surface area contributed by atoms with Crippen molar-refractivity contribution < 1.29 is 9.18 Å². The highest BCUT2D eigenvalue weighted by Gasteiger charge is 2.16. The first-order valence-corrected chi connectivity index (χ1v) is 12.2. The van der Waals surface area contributed by atoms with E-state index in [2.05, 4.69) is 35.5 Å². The third-order valence-corrected chi connectivity index (χ3v) is 6.74. The molecule has 0 radical (unpaired) electrons. The predicted octanol–water partition coefficient (Wildman–Crippen LogP) is 6.17. The van der Waals surface area contributed by atoms with E-state index in [1.165, 1.54) is 6.07 Å². The Hall–Kier alpha value is -4.44. The van der Waals surface area contributed by atoms with Crippen LogP contribution in [-0.4, -0.2) is 36.0 Å². The average Bonchev–Trinajstić information content (AvgIpc) is 3.61. The minimum atomic E-state index is -0.250. The summed E-state index contributed by atoms with van der Waals surface area (Å²) >= 11 is 1.06. The lowest BCUT2D eigenvalue weighted by Gasteiger charge is -2.07. The van der Waals surface area contributed by atoms with Crippen molar-refractivity contribution in [3.05, 3.63) is 66.3 Å². The zero-order valence-corrected chi connectivity index (χ0v) is 20.0. The number of hydrogen-bond donors (Lipinski definition) is 3. The number of aromatic amines is 2. The number of carbonyl (C=O) groups is 1. The van der Waals surface area contributed by atoms with E-state index < -0.39 is 0 Å². The molecule has 8 nitrogen and oxygen atoms in total. The molecule has 1 amide bonds. The third kappa shape index (κ3) is 4.01. The van der Waals surface area contributed by atoms with Crippen molar-refractivity contribution in [3.63, 3.8) is 0 Å². The minimum absolute atomic E-state index is 0.0416. The maximum Gasteiger partial charge on any atom is 0.224 e. The van der Waals surface area contributed by atoms with Crippen molar-refractivity contribution in [2.75, 3.05) is 5.32 Å². The summed E-state index contributed by atoms with van der Waals surface area (Å²) < 4.78 is 13.7. The zero-order valence-electron chi connectivity index (χ0n) is 19.2. The number of H-pyrrole nitrogens is 2. The lowest BCUT2D eigenvalue weighted by atomic mass is 10.1. The number of aromatic nitrogens is 6. The van der Waals surface area contributed by atoms with Gasteiger partial charge in [-0.1, -0.05) is 6.92 Å². The fraction of sp³-hybridized carbons (Fsp3) is 0.115. The van der Waals surface area contributed by atoms with E-state index in [4.69, 9.17) is 0 Å². The number of rotatable bonds is 6. The number of hydrogen-bond acceptors (Lipinski definition) is 6. The van der Waals surface area contributed by atoms with Gasteiger partial charge in [0.25, 0.3) is 0 Å². The van der Waals surface area contributed by atoms with Gasteiger partial charge < -0.3 is 10.3 Å². The first-order chi connectivity index (χ1) is 17.6. The maximum atomic E-state index is 13.7. The van der Waals surface area contributed by atoms with Crippen molar-refractivity contribution in [1.29, 1.82) is 0 Å². The van der Waals surface area contributed by atoms with Gasteiger partial charge in [-0.3, -0.25) is 19.9 Å². The van der Waals surface area contributed by atoms with Crippen molar-refractivity contribution in [2.24, 2.45) is 0 Å². The molecule has 6 heterocycles. The van der Waals surface area contributed by atoms with Gasteiger partial charge in [-0.15, -0.1) is 11.3 Å². The van der Waals surface area contributed by atoms with E-state index in [1.807, 2.05) is 31.2 Å². The fourth-order valence-electron chi connectivity index (χ4n) is 4.20. The lowest BCUT2D eigenvalue weighted by molar-refractivity contribution is -0.116. The molecule has 10 heteroatoms. The number of thiophene rings is 1. The highest BCUT2D eigenvalue weighted by molar-refractivity contribution is 7.13.